The van der Waals surface area contributed by atoms with Gasteiger partial charge in [0.15, 0.2) is 0 Å². The van der Waals surface area contributed by atoms with Gasteiger partial charge in [-0.2, -0.15) is 0 Å². The van der Waals surface area contributed by atoms with Crippen molar-refractivity contribution >= 4 is 27.5 Å². The maximum absolute atomic E-state index is 14.0. The average molecular weight is 536 g/mol. The summed E-state index contributed by atoms with van der Waals surface area (Å²) >= 11 is 0. The Morgan fingerprint density at radius 1 is 0.868 bits per heavy atom. The SMILES string of the molecule is CC[C@H](C(=O)NC(C)C)N(Cc1ccccc1)C(=O)CN(c1ccccc1C)S(=O)(=O)c1ccc(C)cc1. The monoisotopic (exact) mass is 535 g/mol. The summed E-state index contributed by atoms with van der Waals surface area (Å²) in [5.74, 6) is -0.728. The van der Waals surface area contributed by atoms with Crippen molar-refractivity contribution in [3.05, 3.63) is 95.6 Å². The number of nitrogens with zero attached hydrogens (tertiary/aromatic N) is 2. The molecule has 0 saturated heterocycles. The number of hydrogen-bond acceptors (Lipinski definition) is 4. The van der Waals surface area contributed by atoms with Gasteiger partial charge in [0.05, 0.1) is 10.6 Å². The summed E-state index contributed by atoms with van der Waals surface area (Å²) in [6, 6.07) is 22.2. The number of rotatable bonds is 11. The molecule has 3 aromatic carbocycles. The normalized spacial score (nSPS) is 12.2. The Morgan fingerprint density at radius 3 is 2.05 bits per heavy atom. The van der Waals surface area contributed by atoms with E-state index in [4.69, 9.17) is 0 Å². The predicted octanol–water partition coefficient (Wildman–Crippen LogP) is 4.83. The number of aryl methyl sites for hydroxylation is 2. The molecule has 2 amide bonds. The van der Waals surface area contributed by atoms with E-state index in [1.807, 2.05) is 77.1 Å². The van der Waals surface area contributed by atoms with Crippen LogP contribution in [0.1, 0.15) is 43.9 Å². The molecule has 1 atom stereocenters. The van der Waals surface area contributed by atoms with Crippen LogP contribution in [0.4, 0.5) is 5.69 Å². The third kappa shape index (κ3) is 7.01. The van der Waals surface area contributed by atoms with E-state index >= 15 is 0 Å². The second-order valence-electron chi connectivity index (χ2n) is 9.71. The van der Waals surface area contributed by atoms with Gasteiger partial charge in [0.25, 0.3) is 10.0 Å². The smallest absolute Gasteiger partial charge is 0.264 e. The Balaban J connectivity index is 2.06. The van der Waals surface area contributed by atoms with Gasteiger partial charge in [0.2, 0.25) is 11.8 Å². The molecule has 0 aliphatic rings. The number of para-hydroxylation sites is 1. The fourth-order valence-corrected chi connectivity index (χ4v) is 5.75. The lowest BCUT2D eigenvalue weighted by Crippen LogP contribution is -2.53. The standard InChI is InChI=1S/C30H37N3O4S/c1-6-27(30(35)31-22(2)3)32(20-25-13-8-7-9-14-25)29(34)21-33(28-15-11-10-12-24(28)5)38(36,37)26-18-16-23(4)17-19-26/h7-19,22,27H,6,20-21H2,1-5H3,(H,31,35)/t27-/m1/s1. The second kappa shape index (κ2) is 12.7. The van der Waals surface area contributed by atoms with Gasteiger partial charge in [-0.05, 0) is 63.4 Å². The third-order valence-corrected chi connectivity index (χ3v) is 8.06. The minimum atomic E-state index is -4.08. The number of anilines is 1. The first kappa shape index (κ1) is 28.9. The minimum absolute atomic E-state index is 0.0957. The van der Waals surface area contributed by atoms with Crippen molar-refractivity contribution in [1.82, 2.24) is 10.2 Å². The quantitative estimate of drug-likeness (QED) is 0.381. The molecular weight excluding hydrogens is 498 g/mol. The fraction of sp³-hybridized carbons (Fsp3) is 0.333. The molecule has 0 spiro atoms. The molecule has 0 unspecified atom stereocenters. The number of carbonyl (C=O) groups excluding carboxylic acids is 2. The van der Waals surface area contributed by atoms with E-state index in [0.717, 1.165) is 21.0 Å². The third-order valence-electron chi connectivity index (χ3n) is 6.28. The van der Waals surface area contributed by atoms with E-state index in [9.17, 15) is 18.0 Å². The zero-order chi connectivity index (χ0) is 27.9. The number of carbonyl (C=O) groups is 2. The van der Waals surface area contributed by atoms with Gasteiger partial charge in [-0.15, -0.1) is 0 Å². The van der Waals surface area contributed by atoms with Gasteiger partial charge in [-0.25, -0.2) is 8.42 Å². The molecule has 3 rings (SSSR count). The molecule has 3 aromatic rings. The molecule has 0 aliphatic heterocycles. The summed E-state index contributed by atoms with van der Waals surface area (Å²) in [6.45, 7) is 9.00. The summed E-state index contributed by atoms with van der Waals surface area (Å²) in [7, 11) is -4.08. The van der Waals surface area contributed by atoms with Crippen LogP contribution in [0.3, 0.4) is 0 Å². The highest BCUT2D eigenvalue weighted by Gasteiger charge is 2.34. The summed E-state index contributed by atoms with van der Waals surface area (Å²) in [5, 5.41) is 2.91. The van der Waals surface area contributed by atoms with Gasteiger partial charge in [-0.1, -0.05) is 73.2 Å². The van der Waals surface area contributed by atoms with E-state index in [1.165, 1.54) is 4.90 Å². The summed E-state index contributed by atoms with van der Waals surface area (Å²) in [6.07, 6.45) is 0.381. The molecule has 7 nitrogen and oxygen atoms in total. The maximum atomic E-state index is 14.0. The Hall–Kier alpha value is -3.65. The molecule has 0 aromatic heterocycles. The highest BCUT2D eigenvalue weighted by Crippen LogP contribution is 2.27. The minimum Gasteiger partial charge on any atom is -0.352 e. The molecule has 8 heteroatoms. The number of sulfonamides is 1. The van der Waals surface area contributed by atoms with Crippen LogP contribution in [-0.2, 0) is 26.2 Å². The lowest BCUT2D eigenvalue weighted by atomic mass is 10.1. The number of amides is 2. The van der Waals surface area contributed by atoms with Gasteiger partial charge < -0.3 is 10.2 Å². The molecule has 0 bridgehead atoms. The van der Waals surface area contributed by atoms with Gasteiger partial charge in [0.1, 0.15) is 12.6 Å². The van der Waals surface area contributed by atoms with Gasteiger partial charge in [-0.3, -0.25) is 13.9 Å². The van der Waals surface area contributed by atoms with Gasteiger partial charge >= 0.3 is 0 Å². The van der Waals surface area contributed by atoms with E-state index in [1.54, 1.807) is 36.4 Å². The molecule has 0 aliphatic carbocycles. The molecule has 0 fully saturated rings. The Labute approximate surface area is 226 Å². The van der Waals surface area contributed by atoms with Crippen LogP contribution >= 0.6 is 0 Å². The maximum Gasteiger partial charge on any atom is 0.264 e. The summed E-state index contributed by atoms with van der Waals surface area (Å²) < 4.78 is 29.0. The van der Waals surface area contributed by atoms with Crippen molar-refractivity contribution in [3.8, 4) is 0 Å². The topological polar surface area (TPSA) is 86.8 Å². The Bertz CT molecular complexity index is 1340. The van der Waals surface area contributed by atoms with Crippen molar-refractivity contribution in [2.75, 3.05) is 10.8 Å². The highest BCUT2D eigenvalue weighted by molar-refractivity contribution is 7.92. The molecule has 38 heavy (non-hydrogen) atoms. The van der Waals surface area contributed by atoms with Crippen molar-refractivity contribution in [3.63, 3.8) is 0 Å². The van der Waals surface area contributed by atoms with E-state index in [-0.39, 0.29) is 23.4 Å². The lowest BCUT2D eigenvalue weighted by Gasteiger charge is -2.34. The van der Waals surface area contributed by atoms with Crippen LogP contribution in [0, 0.1) is 13.8 Å². The predicted molar refractivity (Wildman–Crippen MR) is 151 cm³/mol. The highest BCUT2D eigenvalue weighted by atomic mass is 32.2. The molecular formula is C30H37N3O4S. The van der Waals surface area contributed by atoms with Crippen LogP contribution in [0.2, 0.25) is 0 Å². The first-order valence-electron chi connectivity index (χ1n) is 12.8. The van der Waals surface area contributed by atoms with E-state index < -0.39 is 28.5 Å². The number of benzene rings is 3. The first-order valence-corrected chi connectivity index (χ1v) is 14.3. The zero-order valence-corrected chi connectivity index (χ0v) is 23.5. The van der Waals surface area contributed by atoms with Gasteiger partial charge in [0, 0.05) is 12.6 Å². The van der Waals surface area contributed by atoms with Crippen LogP contribution in [-0.4, -0.2) is 43.8 Å². The number of hydrogen-bond donors (Lipinski definition) is 1. The van der Waals surface area contributed by atoms with E-state index in [0.29, 0.717) is 12.1 Å². The number of nitrogens with one attached hydrogen (secondary N) is 1. The summed E-state index contributed by atoms with van der Waals surface area (Å²) in [4.78, 5) is 28.7. The molecule has 202 valence electrons. The zero-order valence-electron chi connectivity index (χ0n) is 22.7. The van der Waals surface area contributed by atoms with Crippen LogP contribution in [0.15, 0.2) is 83.8 Å². The lowest BCUT2D eigenvalue weighted by molar-refractivity contribution is -0.140. The Kier molecular flexibility index (Phi) is 9.69. The molecule has 0 saturated carbocycles. The van der Waals surface area contributed by atoms with Crippen molar-refractivity contribution in [1.29, 1.82) is 0 Å². The molecule has 0 radical (unpaired) electrons. The molecule has 0 heterocycles. The largest absolute Gasteiger partial charge is 0.352 e. The van der Waals surface area contributed by atoms with Crippen molar-refractivity contribution in [2.45, 2.75) is 64.6 Å². The van der Waals surface area contributed by atoms with Crippen LogP contribution in [0.5, 0.6) is 0 Å². The average Bonchev–Trinajstić information content (AvgIpc) is 2.88. The van der Waals surface area contributed by atoms with Crippen LogP contribution in [0.25, 0.3) is 0 Å². The summed E-state index contributed by atoms with van der Waals surface area (Å²) in [5.41, 5.74) is 2.91. The van der Waals surface area contributed by atoms with Crippen LogP contribution < -0.4 is 9.62 Å². The fourth-order valence-electron chi connectivity index (χ4n) is 4.27. The second-order valence-corrected chi connectivity index (χ2v) is 11.6. The van der Waals surface area contributed by atoms with Crippen molar-refractivity contribution in [2.24, 2.45) is 0 Å². The van der Waals surface area contributed by atoms with Crippen molar-refractivity contribution < 1.29 is 18.0 Å². The molecule has 1 N–H and O–H groups in total. The van der Waals surface area contributed by atoms with E-state index in [2.05, 4.69) is 5.32 Å². The Morgan fingerprint density at radius 2 is 1.47 bits per heavy atom. The first-order chi connectivity index (χ1) is 18.0.